The van der Waals surface area contributed by atoms with Crippen molar-refractivity contribution in [2.24, 2.45) is 0 Å². The van der Waals surface area contributed by atoms with Crippen molar-refractivity contribution in [2.45, 2.75) is 11.8 Å². The zero-order valence-corrected chi connectivity index (χ0v) is 17.1. The Hall–Kier alpha value is -1.38. The van der Waals surface area contributed by atoms with E-state index in [4.69, 9.17) is 51.1 Å². The number of ether oxygens (including phenoxy) is 1. The molecule has 0 heterocycles. The van der Waals surface area contributed by atoms with Crippen LogP contribution >= 0.6 is 46.4 Å². The minimum absolute atomic E-state index is 0.221. The predicted molar refractivity (Wildman–Crippen MR) is 101 cm³/mol. The van der Waals surface area contributed by atoms with E-state index in [1.165, 1.54) is 31.4 Å². The molecule has 0 aliphatic carbocycles. The number of amides is 1. The third kappa shape index (κ3) is 3.54. The number of hydrogen-bond acceptors (Lipinski definition) is 5. The Morgan fingerprint density at radius 1 is 1.00 bits per heavy atom. The van der Waals surface area contributed by atoms with Crippen LogP contribution < -0.4 is 9.04 Å². The lowest BCUT2D eigenvalue weighted by Crippen LogP contribution is -2.35. The average molecular weight is 459 g/mol. The van der Waals surface area contributed by atoms with Gasteiger partial charge in [0.25, 0.3) is 10.0 Å². The first-order valence-corrected chi connectivity index (χ1v) is 9.74. The molecule has 0 aromatic heterocycles. The molecule has 1 amide bonds. The summed E-state index contributed by atoms with van der Waals surface area (Å²) in [6, 6.07) is 5.31. The molecular weight excluding hydrogens is 448 g/mol. The van der Waals surface area contributed by atoms with Gasteiger partial charge in [0.2, 0.25) is 5.91 Å². The molecule has 0 unspecified atom stereocenters. The lowest BCUT2D eigenvalue weighted by atomic mass is 10.3. The summed E-state index contributed by atoms with van der Waals surface area (Å²) >= 11 is 23.8. The minimum atomic E-state index is -4.41. The molecule has 6 nitrogen and oxygen atoms in total. The number of carbonyl (C=O) groups excluding carboxylic acids is 1. The molecule has 0 saturated carbocycles. The number of hydrogen-bond donors (Lipinski definition) is 1. The summed E-state index contributed by atoms with van der Waals surface area (Å²) < 4.78 is 31.3. The van der Waals surface area contributed by atoms with Crippen molar-refractivity contribution in [2.75, 3.05) is 11.4 Å². The van der Waals surface area contributed by atoms with Crippen LogP contribution in [0.25, 0.3) is 0 Å². The van der Waals surface area contributed by atoms with Crippen molar-refractivity contribution in [3.8, 4) is 11.5 Å². The maximum Gasteiger partial charge on any atom is 0.270 e. The number of carbonyl (C=O) groups is 1. The summed E-state index contributed by atoms with van der Waals surface area (Å²) in [5, 5.41) is 8.04. The monoisotopic (exact) mass is 457 g/mol. The normalized spacial score (nSPS) is 11.3. The van der Waals surface area contributed by atoms with E-state index < -0.39 is 47.5 Å². The Balaban J connectivity index is 2.76. The van der Waals surface area contributed by atoms with Crippen LogP contribution in [0.15, 0.2) is 29.2 Å². The van der Waals surface area contributed by atoms with Crippen LogP contribution in [-0.2, 0) is 14.8 Å². The van der Waals surface area contributed by atoms with Gasteiger partial charge in [0.15, 0.2) is 5.75 Å². The maximum atomic E-state index is 13.0. The second kappa shape index (κ2) is 7.70. The molecule has 2 aromatic rings. The summed E-state index contributed by atoms with van der Waals surface area (Å²) in [5.74, 6) is -1.12. The van der Waals surface area contributed by atoms with Crippen molar-refractivity contribution < 1.29 is 23.1 Å². The summed E-state index contributed by atoms with van der Waals surface area (Å²) in [6.07, 6.45) is 0. The van der Waals surface area contributed by atoms with E-state index in [0.29, 0.717) is 10.1 Å². The SMILES string of the molecule is COc1ccc(S(=O)(=O)N(C(C)=O)c2c(Cl)c(Cl)c(O)c(Cl)c2Cl)cc1. The predicted octanol–water partition coefficient (Wildman–Crippen LogP) is 4.76. The molecule has 0 aliphatic heterocycles. The maximum absolute atomic E-state index is 13.0. The zero-order valence-electron chi connectivity index (χ0n) is 13.3. The van der Waals surface area contributed by atoms with E-state index in [2.05, 4.69) is 0 Å². The van der Waals surface area contributed by atoms with E-state index in [0.717, 1.165) is 6.92 Å². The molecule has 11 heteroatoms. The molecule has 0 saturated heterocycles. The van der Waals surface area contributed by atoms with Gasteiger partial charge in [0.05, 0.1) is 22.1 Å². The van der Waals surface area contributed by atoms with Crippen LogP contribution in [0.3, 0.4) is 0 Å². The number of aromatic hydroxyl groups is 1. The molecule has 140 valence electrons. The minimum Gasteiger partial charge on any atom is -0.505 e. The van der Waals surface area contributed by atoms with Crippen LogP contribution in [-0.4, -0.2) is 26.5 Å². The number of nitrogens with zero attached hydrogens (tertiary/aromatic N) is 1. The molecule has 0 bridgehead atoms. The highest BCUT2D eigenvalue weighted by Crippen LogP contribution is 2.50. The molecule has 0 atom stereocenters. The fourth-order valence-corrected chi connectivity index (χ4v) is 4.64. The van der Waals surface area contributed by atoms with E-state index >= 15 is 0 Å². The first-order chi connectivity index (χ1) is 12.0. The molecule has 26 heavy (non-hydrogen) atoms. The fourth-order valence-electron chi connectivity index (χ4n) is 2.09. The lowest BCUT2D eigenvalue weighted by molar-refractivity contribution is -0.115. The first kappa shape index (κ1) is 20.9. The Morgan fingerprint density at radius 2 is 1.46 bits per heavy atom. The van der Waals surface area contributed by atoms with Crippen molar-refractivity contribution in [1.82, 2.24) is 0 Å². The molecule has 0 radical (unpaired) electrons. The number of methoxy groups -OCH3 is 1. The number of anilines is 1. The summed E-state index contributed by atoms with van der Waals surface area (Å²) in [6.45, 7) is 1.00. The highest BCUT2D eigenvalue weighted by molar-refractivity contribution is 7.93. The first-order valence-electron chi connectivity index (χ1n) is 6.78. The Morgan fingerprint density at radius 3 is 1.85 bits per heavy atom. The number of sulfonamides is 1. The molecule has 1 N–H and O–H groups in total. The van der Waals surface area contributed by atoms with Gasteiger partial charge >= 0.3 is 0 Å². The topological polar surface area (TPSA) is 83.9 Å². The van der Waals surface area contributed by atoms with Crippen molar-refractivity contribution in [1.29, 1.82) is 0 Å². The largest absolute Gasteiger partial charge is 0.505 e. The third-order valence-corrected chi connectivity index (χ3v) is 6.76. The molecule has 2 rings (SSSR count). The van der Waals surface area contributed by atoms with Crippen LogP contribution in [0.2, 0.25) is 20.1 Å². The zero-order chi connectivity index (χ0) is 19.8. The van der Waals surface area contributed by atoms with Crippen molar-refractivity contribution >= 4 is 68.0 Å². The van der Waals surface area contributed by atoms with Crippen LogP contribution in [0, 0.1) is 0 Å². The van der Waals surface area contributed by atoms with Crippen molar-refractivity contribution in [3.63, 3.8) is 0 Å². The number of phenols is 1. The highest BCUT2D eigenvalue weighted by Gasteiger charge is 2.35. The highest BCUT2D eigenvalue weighted by atomic mass is 35.5. The fraction of sp³-hybridized carbons (Fsp3) is 0.133. The third-order valence-electron chi connectivity index (χ3n) is 3.30. The Kier molecular flexibility index (Phi) is 6.20. The Bertz CT molecular complexity index is 948. The number of benzene rings is 2. The second-order valence-corrected chi connectivity index (χ2v) is 8.22. The van der Waals surface area contributed by atoms with Crippen molar-refractivity contribution in [3.05, 3.63) is 44.4 Å². The molecule has 0 spiro atoms. The van der Waals surface area contributed by atoms with Gasteiger partial charge < -0.3 is 9.84 Å². The van der Waals surface area contributed by atoms with Gasteiger partial charge in [-0.1, -0.05) is 46.4 Å². The van der Waals surface area contributed by atoms with Gasteiger partial charge in [-0.3, -0.25) is 4.79 Å². The van der Waals surface area contributed by atoms with Crippen LogP contribution in [0.1, 0.15) is 6.92 Å². The number of phenolic OH excluding ortho intramolecular Hbond substituents is 1. The summed E-state index contributed by atoms with van der Waals surface area (Å²) in [5.41, 5.74) is -0.454. The Labute approximate surface area is 169 Å². The number of rotatable bonds is 4. The smallest absolute Gasteiger partial charge is 0.270 e. The van der Waals surface area contributed by atoms with E-state index in [-0.39, 0.29) is 4.90 Å². The van der Waals surface area contributed by atoms with Gasteiger partial charge in [-0.15, -0.1) is 0 Å². The average Bonchev–Trinajstić information content (AvgIpc) is 2.61. The van der Waals surface area contributed by atoms with Gasteiger partial charge in [-0.2, -0.15) is 4.31 Å². The molecular formula is C15H11Cl4NO5S. The standard InChI is InChI=1S/C15H11Cl4NO5S/c1-7(21)20(14-10(16)12(18)15(22)13(19)11(14)17)26(23,24)9-5-3-8(25-2)4-6-9/h3-6,22H,1-2H3. The van der Waals surface area contributed by atoms with Gasteiger partial charge in [0.1, 0.15) is 21.5 Å². The van der Waals surface area contributed by atoms with E-state index in [1.54, 1.807) is 0 Å². The molecule has 0 aliphatic rings. The van der Waals surface area contributed by atoms with Gasteiger partial charge in [0, 0.05) is 6.92 Å². The quantitative estimate of drug-likeness (QED) is 0.668. The molecule has 2 aromatic carbocycles. The summed E-state index contributed by atoms with van der Waals surface area (Å²) in [7, 11) is -2.99. The van der Waals surface area contributed by atoms with Gasteiger partial charge in [-0.25, -0.2) is 8.42 Å². The van der Waals surface area contributed by atoms with E-state index in [1.807, 2.05) is 0 Å². The number of halogens is 4. The van der Waals surface area contributed by atoms with Crippen LogP contribution in [0.5, 0.6) is 11.5 Å². The van der Waals surface area contributed by atoms with Crippen LogP contribution in [0.4, 0.5) is 5.69 Å². The lowest BCUT2D eigenvalue weighted by Gasteiger charge is -2.24. The summed E-state index contributed by atoms with van der Waals surface area (Å²) in [4.78, 5) is 11.9. The second-order valence-electron chi connectivity index (χ2n) is 4.92. The molecule has 0 fully saturated rings. The van der Waals surface area contributed by atoms with Gasteiger partial charge in [-0.05, 0) is 24.3 Å². The van der Waals surface area contributed by atoms with E-state index in [9.17, 15) is 18.3 Å².